The third-order valence-electron chi connectivity index (χ3n) is 4.48. The molecule has 33 heavy (non-hydrogen) atoms. The van der Waals surface area contributed by atoms with Gasteiger partial charge in [0.25, 0.3) is 0 Å². The second kappa shape index (κ2) is 11.3. The van der Waals surface area contributed by atoms with Gasteiger partial charge in [-0.2, -0.15) is 0 Å². The highest BCUT2D eigenvalue weighted by atomic mass is 16.7. The molecule has 1 aromatic carbocycles. The highest BCUT2D eigenvalue weighted by Gasteiger charge is 2.52. The molecule has 0 bridgehead atoms. The Bertz CT molecular complexity index is 898. The van der Waals surface area contributed by atoms with Crippen molar-refractivity contribution in [2.24, 2.45) is 0 Å². The smallest absolute Gasteiger partial charge is 0.409 e. The Balaban J connectivity index is 2.50. The van der Waals surface area contributed by atoms with Gasteiger partial charge in [0.1, 0.15) is 18.8 Å². The molecule has 1 fully saturated rings. The molecule has 5 atom stereocenters. The number of carbonyl (C=O) groups excluding carboxylic acids is 4. The highest BCUT2D eigenvalue weighted by molar-refractivity contribution is 5.82. The molecule has 12 heteroatoms. The number of hydrogen-bond donors (Lipinski definition) is 2. The van der Waals surface area contributed by atoms with Crippen LogP contribution in [0.5, 0.6) is 0 Å². The molecule has 0 saturated carbocycles. The Kier molecular flexibility index (Phi) is 8.74. The molecule has 0 aliphatic carbocycles. The summed E-state index contributed by atoms with van der Waals surface area (Å²) < 4.78 is 27.1. The van der Waals surface area contributed by atoms with Gasteiger partial charge in [-0.15, -0.1) is 0 Å². The molecule has 0 spiro atoms. The van der Waals surface area contributed by atoms with Crippen LogP contribution < -0.4 is 5.32 Å². The highest BCUT2D eigenvalue weighted by Crippen LogP contribution is 2.38. The summed E-state index contributed by atoms with van der Waals surface area (Å²) in [6.07, 6.45) is -7.14. The molecular weight excluding hydrogens is 442 g/mol. The Morgan fingerprint density at radius 2 is 1.33 bits per heavy atom. The van der Waals surface area contributed by atoms with Crippen LogP contribution >= 0.6 is 0 Å². The molecule has 1 aliphatic rings. The number of esters is 4. The van der Waals surface area contributed by atoms with Crippen molar-refractivity contribution in [3.63, 3.8) is 0 Å². The summed E-state index contributed by atoms with van der Waals surface area (Å²) in [6.45, 7) is 4.25. The summed E-state index contributed by atoms with van der Waals surface area (Å²) in [5.74, 6) is -2.79. The first-order valence-corrected chi connectivity index (χ1v) is 9.88. The standard InChI is InChI=1S/C21H25NO11/c1-10(23)29-9-16-18(30-11(2)24)20(32-13(4)26)19(31-12(3)25)17(33-16)14-5-7-15(8-6-14)22-21(27)28/h5-8,16-20,22H,9H2,1-4H3,(H,27,28)/t16-,17+,18+,19+,20+/m1/s1. The van der Waals surface area contributed by atoms with Crippen molar-refractivity contribution in [2.45, 2.75) is 58.2 Å². The summed E-state index contributed by atoms with van der Waals surface area (Å²) in [5.41, 5.74) is 0.709. The lowest BCUT2D eigenvalue weighted by atomic mass is 9.90. The number of nitrogens with one attached hydrogen (secondary N) is 1. The summed E-state index contributed by atoms with van der Waals surface area (Å²) in [5, 5.41) is 11.0. The van der Waals surface area contributed by atoms with E-state index in [0.29, 0.717) is 5.56 Å². The number of amides is 1. The molecule has 12 nitrogen and oxygen atoms in total. The summed E-state index contributed by atoms with van der Waals surface area (Å²) in [4.78, 5) is 57.6. The zero-order valence-corrected chi connectivity index (χ0v) is 18.4. The first kappa shape index (κ1) is 25.6. The summed E-state index contributed by atoms with van der Waals surface area (Å²) in [6, 6.07) is 5.95. The van der Waals surface area contributed by atoms with Gasteiger partial charge in [0.05, 0.1) is 0 Å². The van der Waals surface area contributed by atoms with E-state index >= 15 is 0 Å². The van der Waals surface area contributed by atoms with Crippen molar-refractivity contribution in [1.82, 2.24) is 0 Å². The van der Waals surface area contributed by atoms with Crippen LogP contribution in [0, 0.1) is 0 Å². The van der Waals surface area contributed by atoms with E-state index in [1.807, 2.05) is 0 Å². The predicted molar refractivity (Wildman–Crippen MR) is 109 cm³/mol. The summed E-state index contributed by atoms with van der Waals surface area (Å²) >= 11 is 0. The lowest BCUT2D eigenvalue weighted by molar-refractivity contribution is -0.254. The molecule has 0 unspecified atom stereocenters. The van der Waals surface area contributed by atoms with Gasteiger partial charge >= 0.3 is 30.0 Å². The van der Waals surface area contributed by atoms with Crippen molar-refractivity contribution in [3.8, 4) is 0 Å². The SMILES string of the molecule is CC(=O)OC[C@H]1O[C@@H](c2ccc(NC(=O)O)cc2)[C@H](OC(C)=O)[C@@H](OC(C)=O)[C@H]1OC(C)=O. The van der Waals surface area contributed by atoms with Gasteiger partial charge in [-0.05, 0) is 17.7 Å². The topological polar surface area (TPSA) is 164 Å². The Labute approximate surface area is 189 Å². The van der Waals surface area contributed by atoms with Crippen LogP contribution in [-0.2, 0) is 42.9 Å². The van der Waals surface area contributed by atoms with E-state index in [1.54, 1.807) is 0 Å². The molecule has 1 saturated heterocycles. The molecule has 0 radical (unpaired) electrons. The number of carboxylic acid groups (broad SMARTS) is 1. The van der Waals surface area contributed by atoms with Crippen LogP contribution in [0.4, 0.5) is 10.5 Å². The first-order valence-electron chi connectivity index (χ1n) is 9.88. The average molecular weight is 467 g/mol. The number of anilines is 1. The maximum absolute atomic E-state index is 11.9. The van der Waals surface area contributed by atoms with Crippen LogP contribution in [-0.4, -0.2) is 66.1 Å². The maximum atomic E-state index is 11.9. The second-order valence-corrected chi connectivity index (χ2v) is 7.17. The zero-order chi connectivity index (χ0) is 24.7. The molecule has 1 aliphatic heterocycles. The minimum absolute atomic E-state index is 0.275. The zero-order valence-electron chi connectivity index (χ0n) is 18.4. The van der Waals surface area contributed by atoms with Crippen molar-refractivity contribution in [1.29, 1.82) is 0 Å². The normalized spacial score (nSPS) is 24.2. The van der Waals surface area contributed by atoms with E-state index in [4.69, 9.17) is 28.8 Å². The van der Waals surface area contributed by atoms with E-state index in [-0.39, 0.29) is 12.3 Å². The van der Waals surface area contributed by atoms with Gasteiger partial charge in [0.2, 0.25) is 0 Å². The van der Waals surface area contributed by atoms with Gasteiger partial charge in [-0.25, -0.2) is 4.79 Å². The Morgan fingerprint density at radius 1 is 0.818 bits per heavy atom. The van der Waals surface area contributed by atoms with E-state index in [2.05, 4.69) is 5.32 Å². The van der Waals surface area contributed by atoms with Gasteiger partial charge in [-0.3, -0.25) is 24.5 Å². The molecule has 1 aromatic rings. The fourth-order valence-corrected chi connectivity index (χ4v) is 3.38. The lowest BCUT2D eigenvalue weighted by Gasteiger charge is -2.44. The monoisotopic (exact) mass is 467 g/mol. The molecular formula is C21H25NO11. The van der Waals surface area contributed by atoms with Crippen LogP contribution in [0.15, 0.2) is 24.3 Å². The van der Waals surface area contributed by atoms with Crippen LogP contribution in [0.2, 0.25) is 0 Å². The first-order chi connectivity index (χ1) is 15.5. The van der Waals surface area contributed by atoms with Gasteiger partial charge in [0.15, 0.2) is 18.3 Å². The van der Waals surface area contributed by atoms with E-state index < -0.39 is 60.5 Å². The average Bonchev–Trinajstić information content (AvgIpc) is 2.69. The quantitative estimate of drug-likeness (QED) is 0.442. The fraction of sp³-hybridized carbons (Fsp3) is 0.476. The molecule has 180 valence electrons. The summed E-state index contributed by atoms with van der Waals surface area (Å²) in [7, 11) is 0. The van der Waals surface area contributed by atoms with Gasteiger partial charge in [-0.1, -0.05) is 12.1 Å². The number of benzene rings is 1. The minimum atomic E-state index is -1.29. The third-order valence-corrected chi connectivity index (χ3v) is 4.48. The van der Waals surface area contributed by atoms with Crippen LogP contribution in [0.1, 0.15) is 39.4 Å². The van der Waals surface area contributed by atoms with Crippen molar-refractivity contribution < 1.29 is 52.8 Å². The Morgan fingerprint density at radius 3 is 1.82 bits per heavy atom. The molecule has 1 amide bonds. The molecule has 2 rings (SSSR count). The van der Waals surface area contributed by atoms with E-state index in [0.717, 1.165) is 20.8 Å². The van der Waals surface area contributed by atoms with Gasteiger partial charge < -0.3 is 28.8 Å². The van der Waals surface area contributed by atoms with Gasteiger partial charge in [0, 0.05) is 33.4 Å². The van der Waals surface area contributed by atoms with Crippen molar-refractivity contribution in [2.75, 3.05) is 11.9 Å². The number of ether oxygens (including phenoxy) is 5. The van der Waals surface area contributed by atoms with E-state index in [9.17, 15) is 24.0 Å². The maximum Gasteiger partial charge on any atom is 0.409 e. The largest absolute Gasteiger partial charge is 0.465 e. The van der Waals surface area contributed by atoms with E-state index in [1.165, 1.54) is 31.2 Å². The number of rotatable bonds is 7. The van der Waals surface area contributed by atoms with Crippen LogP contribution in [0.25, 0.3) is 0 Å². The number of hydrogen-bond acceptors (Lipinski definition) is 10. The van der Waals surface area contributed by atoms with Crippen molar-refractivity contribution >= 4 is 35.7 Å². The third kappa shape index (κ3) is 7.45. The lowest BCUT2D eigenvalue weighted by Crippen LogP contribution is -2.59. The van der Waals surface area contributed by atoms with Crippen molar-refractivity contribution in [3.05, 3.63) is 29.8 Å². The second-order valence-electron chi connectivity index (χ2n) is 7.17. The Hall–Kier alpha value is -3.67. The molecule has 1 heterocycles. The predicted octanol–water partition coefficient (Wildman–Crippen LogP) is 1.57. The van der Waals surface area contributed by atoms with Crippen LogP contribution in [0.3, 0.4) is 0 Å². The minimum Gasteiger partial charge on any atom is -0.465 e. The number of carbonyl (C=O) groups is 5. The molecule has 2 N–H and O–H groups in total. The molecule has 0 aromatic heterocycles. The fourth-order valence-electron chi connectivity index (χ4n) is 3.38.